The van der Waals surface area contributed by atoms with Gasteiger partial charge in [0, 0.05) is 43.4 Å². The van der Waals surface area contributed by atoms with Crippen molar-refractivity contribution in [1.29, 1.82) is 0 Å². The summed E-state index contributed by atoms with van der Waals surface area (Å²) < 4.78 is 5.27. The van der Waals surface area contributed by atoms with Crippen LogP contribution in [0.3, 0.4) is 0 Å². The van der Waals surface area contributed by atoms with E-state index in [1.54, 1.807) is 13.1 Å². The number of rotatable bonds is 6. The Labute approximate surface area is 181 Å². The van der Waals surface area contributed by atoms with Crippen LogP contribution in [0.1, 0.15) is 17.3 Å². The molecule has 0 unspecified atom stereocenters. The van der Waals surface area contributed by atoms with E-state index in [1.165, 1.54) is 0 Å². The Morgan fingerprint density at radius 3 is 2.45 bits per heavy atom. The van der Waals surface area contributed by atoms with Gasteiger partial charge in [0.1, 0.15) is 5.56 Å². The summed E-state index contributed by atoms with van der Waals surface area (Å²) in [4.78, 5) is 33.7. The van der Waals surface area contributed by atoms with Crippen molar-refractivity contribution in [1.82, 2.24) is 9.88 Å². The molecule has 1 aliphatic heterocycles. The molecule has 0 saturated carbocycles. The fourth-order valence-corrected chi connectivity index (χ4v) is 3.88. The third kappa shape index (κ3) is 4.83. The van der Waals surface area contributed by atoms with Gasteiger partial charge >= 0.3 is 5.97 Å². The molecule has 3 aromatic rings. The Kier molecular flexibility index (Phi) is 6.43. The van der Waals surface area contributed by atoms with Gasteiger partial charge in [-0.2, -0.15) is 0 Å². The minimum Gasteiger partial charge on any atom is -0.462 e. The van der Waals surface area contributed by atoms with Gasteiger partial charge in [-0.1, -0.05) is 36.4 Å². The van der Waals surface area contributed by atoms with Crippen LogP contribution in [0.25, 0.3) is 10.9 Å². The summed E-state index contributed by atoms with van der Waals surface area (Å²) in [5, 5.41) is 3.86. The van der Waals surface area contributed by atoms with E-state index in [1.807, 2.05) is 54.6 Å². The van der Waals surface area contributed by atoms with Gasteiger partial charge < -0.3 is 15.0 Å². The molecule has 4 rings (SSSR count). The number of amides is 1. The molecule has 1 saturated heterocycles. The highest BCUT2D eigenvalue weighted by molar-refractivity contribution is 6.05. The number of carbonyl (C=O) groups excluding carboxylic acids is 2. The van der Waals surface area contributed by atoms with E-state index in [0.717, 1.165) is 35.4 Å². The normalized spacial score (nSPS) is 14.4. The largest absolute Gasteiger partial charge is 0.462 e. The molecule has 1 amide bonds. The van der Waals surface area contributed by atoms with Gasteiger partial charge in [-0.3, -0.25) is 14.7 Å². The number of hydrogen-bond acceptors (Lipinski definition) is 6. The standard InChI is InChI=1S/C24H26N4O3/c1-2-31-24(30)20-16-25-21-11-7-6-10-19(21)23(20)28-14-12-27(13-15-28)17-22(29)26-18-8-4-3-5-9-18/h3-11,16H,2,12-15,17H2,1H3,(H,26,29). The van der Waals surface area contributed by atoms with Crippen LogP contribution in [-0.4, -0.2) is 61.1 Å². The molecular formula is C24H26N4O3. The first-order chi connectivity index (χ1) is 15.2. The van der Waals surface area contributed by atoms with Crippen LogP contribution >= 0.6 is 0 Å². The number of ether oxygens (including phenoxy) is 1. The zero-order chi connectivity index (χ0) is 21.6. The average Bonchev–Trinajstić information content (AvgIpc) is 2.79. The smallest absolute Gasteiger partial charge is 0.341 e. The van der Waals surface area contributed by atoms with Gasteiger partial charge in [-0.15, -0.1) is 0 Å². The minimum absolute atomic E-state index is 0.0266. The van der Waals surface area contributed by atoms with Crippen LogP contribution in [0.2, 0.25) is 0 Å². The highest BCUT2D eigenvalue weighted by Gasteiger charge is 2.25. The van der Waals surface area contributed by atoms with Crippen LogP contribution in [0, 0.1) is 0 Å². The van der Waals surface area contributed by atoms with E-state index in [2.05, 4.69) is 20.1 Å². The van der Waals surface area contributed by atoms with E-state index in [-0.39, 0.29) is 11.9 Å². The highest BCUT2D eigenvalue weighted by atomic mass is 16.5. The number of pyridine rings is 1. The number of para-hydroxylation sites is 2. The maximum absolute atomic E-state index is 12.6. The summed E-state index contributed by atoms with van der Waals surface area (Å²) >= 11 is 0. The first kappa shape index (κ1) is 20.8. The Morgan fingerprint density at radius 1 is 1.00 bits per heavy atom. The number of anilines is 2. The Balaban J connectivity index is 1.47. The number of benzene rings is 2. The Morgan fingerprint density at radius 2 is 1.71 bits per heavy atom. The first-order valence-electron chi connectivity index (χ1n) is 10.5. The molecule has 0 bridgehead atoms. The molecule has 1 fully saturated rings. The minimum atomic E-state index is -0.361. The van der Waals surface area contributed by atoms with Crippen molar-refractivity contribution < 1.29 is 14.3 Å². The lowest BCUT2D eigenvalue weighted by Crippen LogP contribution is -2.49. The van der Waals surface area contributed by atoms with Gasteiger partial charge in [0.2, 0.25) is 5.91 Å². The number of esters is 1. The molecule has 2 heterocycles. The van der Waals surface area contributed by atoms with Crippen molar-refractivity contribution >= 4 is 34.2 Å². The lowest BCUT2D eigenvalue weighted by Gasteiger charge is -2.36. The van der Waals surface area contributed by atoms with Gasteiger partial charge in [0.05, 0.1) is 24.4 Å². The van der Waals surface area contributed by atoms with Crippen molar-refractivity contribution in [2.24, 2.45) is 0 Å². The Bertz CT molecular complexity index is 1060. The zero-order valence-corrected chi connectivity index (χ0v) is 17.6. The topological polar surface area (TPSA) is 74.8 Å². The van der Waals surface area contributed by atoms with Crippen LogP contribution < -0.4 is 10.2 Å². The summed E-state index contributed by atoms with van der Waals surface area (Å²) in [6, 6.07) is 17.3. The lowest BCUT2D eigenvalue weighted by molar-refractivity contribution is -0.117. The summed E-state index contributed by atoms with van der Waals surface area (Å²) in [5.74, 6) is -0.387. The number of aromatic nitrogens is 1. The molecule has 0 radical (unpaired) electrons. The van der Waals surface area contributed by atoms with Crippen molar-refractivity contribution in [3.8, 4) is 0 Å². The van der Waals surface area contributed by atoms with Crippen LogP contribution in [0.4, 0.5) is 11.4 Å². The van der Waals surface area contributed by atoms with Crippen molar-refractivity contribution in [2.75, 3.05) is 49.5 Å². The summed E-state index contributed by atoms with van der Waals surface area (Å²) in [6.45, 7) is 5.31. The van der Waals surface area contributed by atoms with Crippen molar-refractivity contribution in [2.45, 2.75) is 6.92 Å². The molecule has 7 nitrogen and oxygen atoms in total. The fourth-order valence-electron chi connectivity index (χ4n) is 3.88. The molecule has 2 aromatic carbocycles. The van der Waals surface area contributed by atoms with Crippen LogP contribution in [0.5, 0.6) is 0 Å². The average molecular weight is 418 g/mol. The number of piperazine rings is 1. The molecule has 0 aliphatic carbocycles. The molecule has 1 aromatic heterocycles. The van der Waals surface area contributed by atoms with E-state index in [0.29, 0.717) is 31.8 Å². The van der Waals surface area contributed by atoms with Gasteiger partial charge in [0.15, 0.2) is 0 Å². The van der Waals surface area contributed by atoms with Crippen LogP contribution in [-0.2, 0) is 9.53 Å². The second-order valence-corrected chi connectivity index (χ2v) is 7.44. The SMILES string of the molecule is CCOC(=O)c1cnc2ccccc2c1N1CCN(CC(=O)Nc2ccccc2)CC1. The van der Waals surface area contributed by atoms with E-state index < -0.39 is 0 Å². The van der Waals surface area contributed by atoms with Gasteiger partial charge in [-0.05, 0) is 25.1 Å². The third-order valence-corrected chi connectivity index (χ3v) is 5.36. The first-order valence-corrected chi connectivity index (χ1v) is 10.5. The maximum Gasteiger partial charge on any atom is 0.341 e. The van der Waals surface area contributed by atoms with Gasteiger partial charge in [0.25, 0.3) is 0 Å². The summed E-state index contributed by atoms with van der Waals surface area (Å²) in [7, 11) is 0. The molecule has 0 atom stereocenters. The molecule has 1 aliphatic rings. The second kappa shape index (κ2) is 9.57. The fraction of sp³-hybridized carbons (Fsp3) is 0.292. The summed E-state index contributed by atoms with van der Waals surface area (Å²) in [6.07, 6.45) is 1.61. The zero-order valence-electron chi connectivity index (χ0n) is 17.6. The predicted octanol–water partition coefficient (Wildman–Crippen LogP) is 3.17. The molecule has 160 valence electrons. The number of hydrogen-bond donors (Lipinski definition) is 1. The highest BCUT2D eigenvalue weighted by Crippen LogP contribution is 2.31. The maximum atomic E-state index is 12.6. The lowest BCUT2D eigenvalue weighted by atomic mass is 10.1. The van der Waals surface area contributed by atoms with Gasteiger partial charge in [-0.25, -0.2) is 4.79 Å². The number of carbonyl (C=O) groups is 2. The predicted molar refractivity (Wildman–Crippen MR) is 121 cm³/mol. The number of nitrogens with zero attached hydrogens (tertiary/aromatic N) is 3. The second-order valence-electron chi connectivity index (χ2n) is 7.44. The van der Waals surface area contributed by atoms with E-state index >= 15 is 0 Å². The monoisotopic (exact) mass is 418 g/mol. The van der Waals surface area contributed by atoms with E-state index in [9.17, 15) is 9.59 Å². The van der Waals surface area contributed by atoms with E-state index in [4.69, 9.17) is 4.74 Å². The van der Waals surface area contributed by atoms with Crippen LogP contribution in [0.15, 0.2) is 60.8 Å². The molecule has 7 heteroatoms. The molecule has 31 heavy (non-hydrogen) atoms. The molecular weight excluding hydrogens is 392 g/mol. The molecule has 0 spiro atoms. The molecule has 1 N–H and O–H groups in total. The van der Waals surface area contributed by atoms with Crippen molar-refractivity contribution in [3.05, 3.63) is 66.4 Å². The number of nitrogens with one attached hydrogen (secondary N) is 1. The summed E-state index contributed by atoms with van der Waals surface area (Å²) in [5.41, 5.74) is 2.98. The Hall–Kier alpha value is -3.45. The number of fused-ring (bicyclic) bond motifs is 1. The van der Waals surface area contributed by atoms with Crippen molar-refractivity contribution in [3.63, 3.8) is 0 Å². The third-order valence-electron chi connectivity index (χ3n) is 5.36. The quantitative estimate of drug-likeness (QED) is 0.620.